The van der Waals surface area contributed by atoms with Gasteiger partial charge in [0.2, 0.25) is 0 Å². The van der Waals surface area contributed by atoms with Crippen molar-refractivity contribution in [1.29, 1.82) is 0 Å². The molecule has 0 fully saturated rings. The summed E-state index contributed by atoms with van der Waals surface area (Å²) in [5, 5.41) is 9.12. The highest BCUT2D eigenvalue weighted by Gasteiger charge is 2.09. The van der Waals surface area contributed by atoms with Crippen molar-refractivity contribution in [2.75, 3.05) is 0 Å². The summed E-state index contributed by atoms with van der Waals surface area (Å²) in [5.74, 6) is -0.346. The van der Waals surface area contributed by atoms with Crippen LogP contribution >= 0.6 is 15.9 Å². The van der Waals surface area contributed by atoms with Gasteiger partial charge in [-0.2, -0.15) is 0 Å². The van der Waals surface area contributed by atoms with Gasteiger partial charge >= 0.3 is 0 Å². The van der Waals surface area contributed by atoms with E-state index in [1.54, 1.807) is 12.1 Å². The second kappa shape index (κ2) is 5.98. The van der Waals surface area contributed by atoms with Crippen LogP contribution in [0.1, 0.15) is 11.1 Å². The third kappa shape index (κ3) is 3.09. The molecule has 0 heterocycles. The molecule has 0 amide bonds. The third-order valence-electron chi connectivity index (χ3n) is 2.52. The van der Waals surface area contributed by atoms with Gasteiger partial charge in [0.1, 0.15) is 6.61 Å². The standard InChI is InChI=1S/C14H12BrFO2/c15-12-6-4-10(5-7-12)9-18-14-11(8-17)2-1-3-13(14)16/h1-7,17H,8-9H2. The molecule has 0 aliphatic rings. The molecule has 0 atom stereocenters. The minimum absolute atomic E-state index is 0.114. The minimum Gasteiger partial charge on any atom is -0.485 e. The Balaban J connectivity index is 2.12. The van der Waals surface area contributed by atoms with E-state index >= 15 is 0 Å². The molecular weight excluding hydrogens is 299 g/mol. The van der Waals surface area contributed by atoms with E-state index in [-0.39, 0.29) is 19.0 Å². The number of ether oxygens (including phenoxy) is 1. The van der Waals surface area contributed by atoms with Gasteiger partial charge in [-0.15, -0.1) is 0 Å². The number of aliphatic hydroxyl groups is 1. The van der Waals surface area contributed by atoms with Gasteiger partial charge in [-0.25, -0.2) is 4.39 Å². The van der Waals surface area contributed by atoms with Crippen LogP contribution in [0.3, 0.4) is 0 Å². The summed E-state index contributed by atoms with van der Waals surface area (Å²) in [6, 6.07) is 12.1. The normalized spacial score (nSPS) is 10.4. The highest BCUT2D eigenvalue weighted by Crippen LogP contribution is 2.24. The summed E-state index contributed by atoms with van der Waals surface area (Å²) >= 11 is 3.34. The molecule has 1 N–H and O–H groups in total. The first-order valence-electron chi connectivity index (χ1n) is 5.46. The fourth-order valence-corrected chi connectivity index (χ4v) is 1.84. The maximum Gasteiger partial charge on any atom is 0.165 e. The van der Waals surface area contributed by atoms with E-state index in [2.05, 4.69) is 15.9 Å². The Labute approximate surface area is 113 Å². The summed E-state index contributed by atoms with van der Waals surface area (Å²) in [6.07, 6.45) is 0. The molecule has 0 bridgehead atoms. The average molecular weight is 311 g/mol. The van der Waals surface area contributed by atoms with E-state index < -0.39 is 5.82 Å². The van der Waals surface area contributed by atoms with Crippen LogP contribution in [0.5, 0.6) is 5.75 Å². The Hall–Kier alpha value is -1.39. The monoisotopic (exact) mass is 310 g/mol. The van der Waals surface area contributed by atoms with Crippen molar-refractivity contribution in [2.24, 2.45) is 0 Å². The van der Waals surface area contributed by atoms with Crippen molar-refractivity contribution >= 4 is 15.9 Å². The van der Waals surface area contributed by atoms with E-state index in [1.165, 1.54) is 6.07 Å². The second-order valence-electron chi connectivity index (χ2n) is 3.80. The molecule has 0 unspecified atom stereocenters. The summed E-state index contributed by atoms with van der Waals surface area (Å²) in [5.41, 5.74) is 1.39. The molecule has 0 radical (unpaired) electrons. The smallest absolute Gasteiger partial charge is 0.165 e. The van der Waals surface area contributed by atoms with Gasteiger partial charge in [-0.05, 0) is 23.8 Å². The predicted octanol–water partition coefficient (Wildman–Crippen LogP) is 3.66. The quantitative estimate of drug-likeness (QED) is 0.934. The highest BCUT2D eigenvalue weighted by molar-refractivity contribution is 9.10. The number of hydrogen-bond acceptors (Lipinski definition) is 2. The number of rotatable bonds is 4. The molecule has 2 rings (SSSR count). The first-order valence-corrected chi connectivity index (χ1v) is 6.25. The number of hydrogen-bond donors (Lipinski definition) is 1. The van der Waals surface area contributed by atoms with E-state index in [4.69, 9.17) is 9.84 Å². The van der Waals surface area contributed by atoms with Gasteiger partial charge in [0.25, 0.3) is 0 Å². The molecule has 4 heteroatoms. The zero-order chi connectivity index (χ0) is 13.0. The van der Waals surface area contributed by atoms with E-state index in [1.807, 2.05) is 24.3 Å². The first kappa shape index (κ1) is 13.1. The van der Waals surface area contributed by atoms with Crippen LogP contribution in [-0.2, 0) is 13.2 Å². The molecule has 0 aromatic heterocycles. The fraction of sp³-hybridized carbons (Fsp3) is 0.143. The zero-order valence-electron chi connectivity index (χ0n) is 9.57. The van der Waals surface area contributed by atoms with Crippen molar-refractivity contribution in [3.05, 3.63) is 63.9 Å². The molecule has 2 aromatic carbocycles. The van der Waals surface area contributed by atoms with Gasteiger partial charge in [0.05, 0.1) is 6.61 Å². The van der Waals surface area contributed by atoms with Crippen LogP contribution in [0.25, 0.3) is 0 Å². The summed E-state index contributed by atoms with van der Waals surface area (Å²) < 4.78 is 20.0. The topological polar surface area (TPSA) is 29.5 Å². The molecule has 2 aromatic rings. The van der Waals surface area contributed by atoms with Crippen molar-refractivity contribution in [3.63, 3.8) is 0 Å². The Morgan fingerprint density at radius 1 is 1.11 bits per heavy atom. The van der Waals surface area contributed by atoms with E-state index in [0.29, 0.717) is 5.56 Å². The van der Waals surface area contributed by atoms with Crippen molar-refractivity contribution in [3.8, 4) is 5.75 Å². The van der Waals surface area contributed by atoms with E-state index in [0.717, 1.165) is 10.0 Å². The van der Waals surface area contributed by atoms with Crippen LogP contribution in [-0.4, -0.2) is 5.11 Å². The lowest BCUT2D eigenvalue weighted by Gasteiger charge is -2.11. The molecule has 0 aliphatic carbocycles. The molecular formula is C14H12BrFO2. The molecule has 0 spiro atoms. The molecule has 0 saturated carbocycles. The summed E-state index contributed by atoms with van der Waals surface area (Å²) in [4.78, 5) is 0. The highest BCUT2D eigenvalue weighted by atomic mass is 79.9. The number of benzene rings is 2. The number of halogens is 2. The van der Waals surface area contributed by atoms with Gasteiger partial charge in [0, 0.05) is 10.0 Å². The Morgan fingerprint density at radius 2 is 1.83 bits per heavy atom. The zero-order valence-corrected chi connectivity index (χ0v) is 11.2. The largest absolute Gasteiger partial charge is 0.485 e. The van der Waals surface area contributed by atoms with Crippen LogP contribution in [0.2, 0.25) is 0 Å². The van der Waals surface area contributed by atoms with Crippen LogP contribution in [0.4, 0.5) is 4.39 Å². The van der Waals surface area contributed by atoms with Crippen molar-refractivity contribution < 1.29 is 14.2 Å². The van der Waals surface area contributed by atoms with Gasteiger partial charge in [0.15, 0.2) is 11.6 Å². The fourth-order valence-electron chi connectivity index (χ4n) is 1.58. The van der Waals surface area contributed by atoms with Gasteiger partial charge < -0.3 is 9.84 Å². The molecule has 0 saturated heterocycles. The summed E-state index contributed by atoms with van der Waals surface area (Å²) in [6.45, 7) is 0.0225. The maximum atomic E-state index is 13.6. The Morgan fingerprint density at radius 3 is 2.50 bits per heavy atom. The lowest BCUT2D eigenvalue weighted by molar-refractivity contribution is 0.251. The average Bonchev–Trinajstić information content (AvgIpc) is 2.39. The first-order chi connectivity index (χ1) is 8.70. The van der Waals surface area contributed by atoms with Crippen LogP contribution < -0.4 is 4.74 Å². The van der Waals surface area contributed by atoms with Gasteiger partial charge in [-0.3, -0.25) is 0 Å². The second-order valence-corrected chi connectivity index (χ2v) is 4.72. The van der Waals surface area contributed by atoms with E-state index in [9.17, 15) is 4.39 Å². The third-order valence-corrected chi connectivity index (χ3v) is 3.04. The minimum atomic E-state index is -0.460. The molecule has 2 nitrogen and oxygen atoms in total. The van der Waals surface area contributed by atoms with Crippen molar-refractivity contribution in [1.82, 2.24) is 0 Å². The molecule has 18 heavy (non-hydrogen) atoms. The van der Waals surface area contributed by atoms with Crippen LogP contribution in [0.15, 0.2) is 46.9 Å². The lowest BCUT2D eigenvalue weighted by atomic mass is 10.2. The van der Waals surface area contributed by atoms with Crippen LogP contribution in [0, 0.1) is 5.82 Å². The Kier molecular flexibility index (Phi) is 4.33. The molecule has 94 valence electrons. The van der Waals surface area contributed by atoms with Gasteiger partial charge in [-0.1, -0.05) is 40.2 Å². The molecule has 0 aliphatic heterocycles. The number of aliphatic hydroxyl groups excluding tert-OH is 1. The Bertz CT molecular complexity index is 526. The predicted molar refractivity (Wildman–Crippen MR) is 70.8 cm³/mol. The lowest BCUT2D eigenvalue weighted by Crippen LogP contribution is -2.01. The number of para-hydroxylation sites is 1. The maximum absolute atomic E-state index is 13.6. The summed E-state index contributed by atoms with van der Waals surface area (Å²) in [7, 11) is 0. The van der Waals surface area contributed by atoms with Crippen molar-refractivity contribution in [2.45, 2.75) is 13.2 Å². The SMILES string of the molecule is OCc1cccc(F)c1OCc1ccc(Br)cc1.